The summed E-state index contributed by atoms with van der Waals surface area (Å²) in [6, 6.07) is 14.3. The van der Waals surface area contributed by atoms with Gasteiger partial charge >= 0.3 is 0 Å². The highest BCUT2D eigenvalue weighted by Crippen LogP contribution is 2.20. The Kier molecular flexibility index (Phi) is 5.23. The summed E-state index contributed by atoms with van der Waals surface area (Å²) in [7, 11) is 1.78. The highest BCUT2D eigenvalue weighted by atomic mass is 16.2. The van der Waals surface area contributed by atoms with Gasteiger partial charge < -0.3 is 5.32 Å². The number of hydrogen-bond donors (Lipinski definition) is 1. The van der Waals surface area contributed by atoms with Crippen molar-refractivity contribution in [3.63, 3.8) is 0 Å². The topological polar surface area (TPSA) is 59.8 Å². The lowest BCUT2D eigenvalue weighted by Gasteiger charge is -2.07. The third-order valence-corrected chi connectivity index (χ3v) is 4.10. The minimum absolute atomic E-state index is 0.0753. The first kappa shape index (κ1) is 16.9. The number of rotatable bonds is 6. The summed E-state index contributed by atoms with van der Waals surface area (Å²) in [5, 5.41) is 7.16. The molecule has 128 valence electrons. The number of amides is 1. The smallest absolute Gasteiger partial charge is 0.269 e. The van der Waals surface area contributed by atoms with E-state index in [1.807, 2.05) is 19.1 Å². The summed E-state index contributed by atoms with van der Waals surface area (Å²) in [6.07, 6.45) is 5.42. The first-order chi connectivity index (χ1) is 12.1. The number of hydrogen-bond acceptors (Lipinski definition) is 3. The van der Waals surface area contributed by atoms with Crippen molar-refractivity contribution in [2.45, 2.75) is 19.8 Å². The predicted molar refractivity (Wildman–Crippen MR) is 98.3 cm³/mol. The van der Waals surface area contributed by atoms with Gasteiger partial charge in [-0.2, -0.15) is 5.10 Å². The van der Waals surface area contributed by atoms with Crippen molar-refractivity contribution in [1.29, 1.82) is 0 Å². The van der Waals surface area contributed by atoms with Crippen LogP contribution in [0.15, 0.2) is 54.9 Å². The van der Waals surface area contributed by atoms with Crippen LogP contribution in [0.1, 0.15) is 28.2 Å². The molecular formula is C20H22N4O. The van der Waals surface area contributed by atoms with Gasteiger partial charge in [-0.1, -0.05) is 24.3 Å². The summed E-state index contributed by atoms with van der Waals surface area (Å²) < 4.78 is 1.61. The standard InChI is InChI=1S/C20H22N4O/c1-15-13-19(24(2)23-15)20(25)22-10-4-6-16-5-3-7-18(14-16)17-8-11-21-12-9-17/h3,5,7-9,11-14H,4,6,10H2,1-2H3,(H,22,25). The second-order valence-corrected chi connectivity index (χ2v) is 6.09. The van der Waals surface area contributed by atoms with E-state index < -0.39 is 0 Å². The highest BCUT2D eigenvalue weighted by molar-refractivity contribution is 5.92. The zero-order valence-corrected chi connectivity index (χ0v) is 14.6. The molecule has 0 unspecified atom stereocenters. The molecule has 5 heteroatoms. The van der Waals surface area contributed by atoms with Crippen LogP contribution >= 0.6 is 0 Å². The Morgan fingerprint density at radius 3 is 2.64 bits per heavy atom. The van der Waals surface area contributed by atoms with Gasteiger partial charge in [0.05, 0.1) is 5.69 Å². The maximum absolute atomic E-state index is 12.2. The first-order valence-corrected chi connectivity index (χ1v) is 8.41. The quantitative estimate of drug-likeness (QED) is 0.705. The number of carbonyl (C=O) groups is 1. The molecule has 2 heterocycles. The summed E-state index contributed by atoms with van der Waals surface area (Å²) in [6.45, 7) is 2.52. The van der Waals surface area contributed by atoms with Gasteiger partial charge in [-0.15, -0.1) is 0 Å². The van der Waals surface area contributed by atoms with E-state index in [-0.39, 0.29) is 5.91 Å². The van der Waals surface area contributed by atoms with Crippen LogP contribution in [0.3, 0.4) is 0 Å². The maximum Gasteiger partial charge on any atom is 0.269 e. The molecule has 0 aliphatic carbocycles. The van der Waals surface area contributed by atoms with E-state index in [1.54, 1.807) is 30.2 Å². The third kappa shape index (κ3) is 4.32. The molecule has 5 nitrogen and oxygen atoms in total. The Balaban J connectivity index is 1.53. The lowest BCUT2D eigenvalue weighted by atomic mass is 10.0. The van der Waals surface area contributed by atoms with Crippen molar-refractivity contribution in [1.82, 2.24) is 20.1 Å². The highest BCUT2D eigenvalue weighted by Gasteiger charge is 2.10. The van der Waals surface area contributed by atoms with Crippen molar-refractivity contribution in [2.24, 2.45) is 7.05 Å². The number of aryl methyl sites for hydroxylation is 3. The minimum Gasteiger partial charge on any atom is -0.351 e. The fraction of sp³-hybridized carbons (Fsp3) is 0.250. The number of aromatic nitrogens is 3. The van der Waals surface area contributed by atoms with Crippen molar-refractivity contribution in [3.8, 4) is 11.1 Å². The van der Waals surface area contributed by atoms with Crippen LogP contribution < -0.4 is 5.32 Å². The zero-order valence-electron chi connectivity index (χ0n) is 14.6. The van der Waals surface area contributed by atoms with E-state index in [0.29, 0.717) is 12.2 Å². The Bertz CT molecular complexity index is 855. The molecule has 0 bridgehead atoms. The number of nitrogens with one attached hydrogen (secondary N) is 1. The molecule has 0 atom stereocenters. The summed E-state index contributed by atoms with van der Waals surface area (Å²) in [5.41, 5.74) is 5.06. The second-order valence-electron chi connectivity index (χ2n) is 6.09. The van der Waals surface area contributed by atoms with Gasteiger partial charge in [0, 0.05) is 26.0 Å². The van der Waals surface area contributed by atoms with Crippen molar-refractivity contribution < 1.29 is 4.79 Å². The van der Waals surface area contributed by atoms with Crippen LogP contribution in [0.2, 0.25) is 0 Å². The molecule has 0 radical (unpaired) electrons. The van der Waals surface area contributed by atoms with Crippen LogP contribution in [0.25, 0.3) is 11.1 Å². The maximum atomic E-state index is 12.2. The van der Waals surface area contributed by atoms with Crippen LogP contribution in [0, 0.1) is 6.92 Å². The predicted octanol–water partition coefficient (Wildman–Crippen LogP) is 3.15. The number of benzene rings is 1. The van der Waals surface area contributed by atoms with Crippen molar-refractivity contribution in [2.75, 3.05) is 6.54 Å². The van der Waals surface area contributed by atoms with Crippen molar-refractivity contribution >= 4 is 5.91 Å². The fourth-order valence-corrected chi connectivity index (χ4v) is 2.86. The fourth-order valence-electron chi connectivity index (χ4n) is 2.86. The third-order valence-electron chi connectivity index (χ3n) is 4.10. The molecule has 0 spiro atoms. The average molecular weight is 334 g/mol. The van der Waals surface area contributed by atoms with Crippen LogP contribution in [0.5, 0.6) is 0 Å². The molecule has 0 fully saturated rings. The molecule has 0 saturated carbocycles. The Hall–Kier alpha value is -2.95. The molecule has 0 saturated heterocycles. The monoisotopic (exact) mass is 334 g/mol. The summed E-state index contributed by atoms with van der Waals surface area (Å²) >= 11 is 0. The Morgan fingerprint density at radius 2 is 1.92 bits per heavy atom. The molecule has 1 amide bonds. The lowest BCUT2D eigenvalue weighted by molar-refractivity contribution is 0.0944. The molecule has 3 aromatic rings. The Labute approximate surface area is 147 Å². The summed E-state index contributed by atoms with van der Waals surface area (Å²) in [4.78, 5) is 16.2. The molecular weight excluding hydrogens is 312 g/mol. The molecule has 1 aromatic carbocycles. The van der Waals surface area contributed by atoms with Gasteiger partial charge in [-0.25, -0.2) is 0 Å². The number of carbonyl (C=O) groups excluding carboxylic acids is 1. The van der Waals surface area contributed by atoms with E-state index in [2.05, 4.69) is 39.7 Å². The number of pyridine rings is 1. The van der Waals surface area contributed by atoms with Crippen LogP contribution in [0.4, 0.5) is 0 Å². The SMILES string of the molecule is Cc1cc(C(=O)NCCCc2cccc(-c3ccncc3)c2)n(C)n1. The van der Waals surface area contributed by atoms with E-state index >= 15 is 0 Å². The normalized spacial score (nSPS) is 10.6. The van der Waals surface area contributed by atoms with E-state index in [0.717, 1.165) is 24.1 Å². The van der Waals surface area contributed by atoms with Gasteiger partial charge in [0.15, 0.2) is 0 Å². The lowest BCUT2D eigenvalue weighted by Crippen LogP contribution is -2.26. The molecule has 0 aliphatic rings. The van der Waals surface area contributed by atoms with Gasteiger partial charge in [0.1, 0.15) is 5.69 Å². The minimum atomic E-state index is -0.0753. The van der Waals surface area contributed by atoms with E-state index in [4.69, 9.17) is 0 Å². The molecule has 0 aliphatic heterocycles. The van der Waals surface area contributed by atoms with Gasteiger partial charge in [0.2, 0.25) is 0 Å². The molecule has 2 aromatic heterocycles. The van der Waals surface area contributed by atoms with Gasteiger partial charge in [-0.05, 0) is 54.7 Å². The zero-order chi connectivity index (χ0) is 17.6. The summed E-state index contributed by atoms with van der Waals surface area (Å²) in [5.74, 6) is -0.0753. The van der Waals surface area contributed by atoms with E-state index in [1.165, 1.54) is 11.1 Å². The molecule has 3 rings (SSSR count). The van der Waals surface area contributed by atoms with Crippen molar-refractivity contribution in [3.05, 3.63) is 71.8 Å². The van der Waals surface area contributed by atoms with Gasteiger partial charge in [0.25, 0.3) is 5.91 Å². The number of nitrogens with zero attached hydrogens (tertiary/aromatic N) is 3. The average Bonchev–Trinajstić information content (AvgIpc) is 2.98. The molecule has 1 N–H and O–H groups in total. The van der Waals surface area contributed by atoms with Crippen LogP contribution in [-0.2, 0) is 13.5 Å². The largest absolute Gasteiger partial charge is 0.351 e. The second kappa shape index (κ2) is 7.75. The van der Waals surface area contributed by atoms with Crippen LogP contribution in [-0.4, -0.2) is 27.2 Å². The molecule has 25 heavy (non-hydrogen) atoms. The van der Waals surface area contributed by atoms with E-state index in [9.17, 15) is 4.79 Å². The first-order valence-electron chi connectivity index (χ1n) is 8.41. The Morgan fingerprint density at radius 1 is 1.12 bits per heavy atom. The van der Waals surface area contributed by atoms with Gasteiger partial charge in [-0.3, -0.25) is 14.5 Å².